The van der Waals surface area contributed by atoms with Crippen molar-refractivity contribution >= 4 is 0 Å². The van der Waals surface area contributed by atoms with E-state index in [4.69, 9.17) is 9.84 Å². The normalized spacial score (nSPS) is 16.3. The highest BCUT2D eigenvalue weighted by Gasteiger charge is 2.13. The topological polar surface area (TPSA) is 35.9 Å². The first-order valence-electron chi connectivity index (χ1n) is 7.52. The molecule has 1 heterocycles. The summed E-state index contributed by atoms with van der Waals surface area (Å²) in [6.07, 6.45) is 0.496. The lowest BCUT2D eigenvalue weighted by Gasteiger charge is -2.32. The smallest absolute Gasteiger partial charge is 0.134 e. The minimum absolute atomic E-state index is 0.0967. The van der Waals surface area contributed by atoms with Crippen LogP contribution < -0.4 is 4.74 Å². The Kier molecular flexibility index (Phi) is 6.55. The third-order valence-corrected chi connectivity index (χ3v) is 3.61. The van der Waals surface area contributed by atoms with E-state index < -0.39 is 0 Å². The summed E-state index contributed by atoms with van der Waals surface area (Å²) < 4.78 is 5.88. The number of aliphatic hydroxyl groups excluding tert-OH is 1. The number of rotatable bonds is 5. The van der Waals surface area contributed by atoms with Crippen molar-refractivity contribution in [3.8, 4) is 17.6 Å². The Morgan fingerprint density at radius 3 is 2.71 bits per heavy atom. The summed E-state index contributed by atoms with van der Waals surface area (Å²) in [5, 5.41) is 8.78. The van der Waals surface area contributed by atoms with Crippen LogP contribution in [0.5, 0.6) is 5.75 Å². The third kappa shape index (κ3) is 5.39. The van der Waals surface area contributed by atoms with Crippen molar-refractivity contribution in [1.29, 1.82) is 0 Å². The first-order chi connectivity index (χ1) is 10.3. The summed E-state index contributed by atoms with van der Waals surface area (Å²) in [5.41, 5.74) is 0.893. The second-order valence-corrected chi connectivity index (χ2v) is 5.26. The molecular weight excluding hydrogens is 264 g/mol. The van der Waals surface area contributed by atoms with Crippen molar-refractivity contribution in [1.82, 2.24) is 9.80 Å². The molecule has 0 amide bonds. The molecule has 0 bridgehead atoms. The number of nitrogens with zero attached hydrogens (tertiary/aromatic N) is 2. The molecule has 1 fully saturated rings. The van der Waals surface area contributed by atoms with E-state index in [1.807, 2.05) is 24.3 Å². The van der Waals surface area contributed by atoms with Crippen molar-refractivity contribution < 1.29 is 9.84 Å². The number of aliphatic hydroxyl groups is 1. The van der Waals surface area contributed by atoms with E-state index in [1.165, 1.54) is 0 Å². The Hall–Kier alpha value is -1.54. The summed E-state index contributed by atoms with van der Waals surface area (Å²) >= 11 is 0. The van der Waals surface area contributed by atoms with Gasteiger partial charge in [-0.1, -0.05) is 24.0 Å². The van der Waals surface area contributed by atoms with E-state index in [0.717, 1.165) is 44.0 Å². The number of ether oxygens (including phenoxy) is 1. The summed E-state index contributed by atoms with van der Waals surface area (Å²) in [6, 6.07) is 7.82. The van der Waals surface area contributed by atoms with Gasteiger partial charge in [-0.05, 0) is 19.2 Å². The van der Waals surface area contributed by atoms with Crippen molar-refractivity contribution in [2.24, 2.45) is 0 Å². The van der Waals surface area contributed by atoms with Gasteiger partial charge in [0.05, 0.1) is 12.2 Å². The van der Waals surface area contributed by atoms with E-state index in [1.54, 1.807) is 0 Å². The quantitative estimate of drug-likeness (QED) is 0.822. The molecule has 4 nitrogen and oxygen atoms in total. The molecular formula is C17H24N2O2. The third-order valence-electron chi connectivity index (χ3n) is 3.61. The predicted octanol–water partition coefficient (Wildman–Crippen LogP) is 1.05. The fourth-order valence-electron chi connectivity index (χ4n) is 2.27. The Labute approximate surface area is 127 Å². The van der Waals surface area contributed by atoms with Crippen LogP contribution in [0.1, 0.15) is 12.0 Å². The van der Waals surface area contributed by atoms with Crippen LogP contribution in [0.25, 0.3) is 0 Å². The van der Waals surface area contributed by atoms with Crippen molar-refractivity contribution in [2.75, 3.05) is 53.0 Å². The minimum Gasteiger partial charge on any atom is -0.491 e. The van der Waals surface area contributed by atoms with Gasteiger partial charge in [0.2, 0.25) is 0 Å². The molecule has 1 aromatic carbocycles. The van der Waals surface area contributed by atoms with Crippen LogP contribution in [0.15, 0.2) is 24.3 Å². The minimum atomic E-state index is 0.0967. The van der Waals surface area contributed by atoms with Crippen LogP contribution in [0, 0.1) is 11.8 Å². The van der Waals surface area contributed by atoms with E-state index in [-0.39, 0.29) is 6.61 Å². The van der Waals surface area contributed by atoms with Crippen molar-refractivity contribution in [3.05, 3.63) is 29.8 Å². The van der Waals surface area contributed by atoms with Gasteiger partial charge in [0.15, 0.2) is 0 Å². The molecule has 1 aliphatic heterocycles. The number of hydrogen-bond donors (Lipinski definition) is 1. The first-order valence-corrected chi connectivity index (χ1v) is 7.52. The predicted molar refractivity (Wildman–Crippen MR) is 84.5 cm³/mol. The first kappa shape index (κ1) is 15.8. The van der Waals surface area contributed by atoms with Gasteiger partial charge in [0, 0.05) is 39.1 Å². The fourth-order valence-corrected chi connectivity index (χ4v) is 2.27. The zero-order chi connectivity index (χ0) is 14.9. The van der Waals surface area contributed by atoms with Gasteiger partial charge >= 0.3 is 0 Å². The molecule has 1 aromatic rings. The molecule has 21 heavy (non-hydrogen) atoms. The van der Waals surface area contributed by atoms with Crippen LogP contribution in [0.3, 0.4) is 0 Å². The molecule has 0 aliphatic carbocycles. The molecule has 0 saturated carbocycles. The molecule has 4 heteroatoms. The maximum absolute atomic E-state index is 8.78. The lowest BCUT2D eigenvalue weighted by atomic mass is 10.2. The number of likely N-dealkylation sites (N-methyl/N-ethyl adjacent to an activating group) is 1. The largest absolute Gasteiger partial charge is 0.491 e. The molecule has 0 aromatic heterocycles. The van der Waals surface area contributed by atoms with Gasteiger partial charge in [-0.2, -0.15) is 0 Å². The molecule has 2 rings (SSSR count). The average molecular weight is 288 g/mol. The van der Waals surface area contributed by atoms with Crippen LogP contribution in [0.2, 0.25) is 0 Å². The molecule has 114 valence electrons. The van der Waals surface area contributed by atoms with Crippen LogP contribution in [-0.4, -0.2) is 67.9 Å². The van der Waals surface area contributed by atoms with Gasteiger partial charge in [0.25, 0.3) is 0 Å². The lowest BCUT2D eigenvalue weighted by Crippen LogP contribution is -2.45. The second-order valence-electron chi connectivity index (χ2n) is 5.26. The van der Waals surface area contributed by atoms with Gasteiger partial charge in [-0.3, -0.25) is 4.90 Å². The van der Waals surface area contributed by atoms with Crippen LogP contribution >= 0.6 is 0 Å². The highest BCUT2D eigenvalue weighted by molar-refractivity contribution is 5.45. The summed E-state index contributed by atoms with van der Waals surface area (Å²) in [6.45, 7) is 6.20. The van der Waals surface area contributed by atoms with E-state index >= 15 is 0 Å². The lowest BCUT2D eigenvalue weighted by molar-refractivity contribution is 0.133. The Morgan fingerprint density at radius 1 is 1.19 bits per heavy atom. The molecule has 0 unspecified atom stereocenters. The van der Waals surface area contributed by atoms with Crippen molar-refractivity contribution in [3.63, 3.8) is 0 Å². The molecule has 0 radical (unpaired) electrons. The van der Waals surface area contributed by atoms with E-state index in [9.17, 15) is 0 Å². The Morgan fingerprint density at radius 2 is 1.95 bits per heavy atom. The second kappa shape index (κ2) is 8.68. The Bertz CT molecular complexity index is 485. The maximum atomic E-state index is 8.78. The molecule has 0 spiro atoms. The number of para-hydroxylation sites is 1. The van der Waals surface area contributed by atoms with Gasteiger partial charge in [-0.25, -0.2) is 0 Å². The van der Waals surface area contributed by atoms with Crippen molar-refractivity contribution in [2.45, 2.75) is 6.42 Å². The van der Waals surface area contributed by atoms with Crippen LogP contribution in [0.4, 0.5) is 0 Å². The monoisotopic (exact) mass is 288 g/mol. The molecule has 1 saturated heterocycles. The zero-order valence-corrected chi connectivity index (χ0v) is 12.7. The Balaban J connectivity index is 1.82. The number of piperazine rings is 1. The summed E-state index contributed by atoms with van der Waals surface area (Å²) in [4.78, 5) is 4.78. The molecule has 1 aliphatic rings. The summed E-state index contributed by atoms with van der Waals surface area (Å²) in [7, 11) is 2.16. The van der Waals surface area contributed by atoms with E-state index in [0.29, 0.717) is 13.0 Å². The highest BCUT2D eigenvalue weighted by Crippen LogP contribution is 2.16. The zero-order valence-electron chi connectivity index (χ0n) is 12.7. The fraction of sp³-hybridized carbons (Fsp3) is 0.529. The number of benzene rings is 1. The highest BCUT2D eigenvalue weighted by atomic mass is 16.5. The number of hydrogen-bond acceptors (Lipinski definition) is 4. The molecule has 0 atom stereocenters. The maximum Gasteiger partial charge on any atom is 0.134 e. The van der Waals surface area contributed by atoms with Crippen LogP contribution in [-0.2, 0) is 0 Å². The van der Waals surface area contributed by atoms with Gasteiger partial charge in [0.1, 0.15) is 12.4 Å². The van der Waals surface area contributed by atoms with E-state index in [2.05, 4.69) is 28.7 Å². The summed E-state index contributed by atoms with van der Waals surface area (Å²) in [5.74, 6) is 6.82. The standard InChI is InChI=1S/C17H24N2O2/c1-18-9-11-19(12-10-18)13-15-21-17-8-3-2-6-16(17)7-4-5-14-20/h2-3,6,8,20H,5,9-15H2,1H3. The SMILES string of the molecule is CN1CCN(CCOc2ccccc2C#CCCO)CC1. The molecule has 1 N–H and O–H groups in total. The average Bonchev–Trinajstić information content (AvgIpc) is 2.51. The van der Waals surface area contributed by atoms with Gasteiger partial charge in [-0.15, -0.1) is 0 Å². The van der Waals surface area contributed by atoms with Gasteiger partial charge < -0.3 is 14.7 Å².